The van der Waals surface area contributed by atoms with Crippen LogP contribution < -0.4 is 10.6 Å². The van der Waals surface area contributed by atoms with Crippen LogP contribution in [0.1, 0.15) is 63.8 Å². The van der Waals surface area contributed by atoms with Gasteiger partial charge in [-0.15, -0.1) is 0 Å². The molecule has 6 nitrogen and oxygen atoms in total. The number of rotatable bonds is 6. The second kappa shape index (κ2) is 8.21. The topological polar surface area (TPSA) is 71.7 Å². The maximum atomic E-state index is 6.04. The highest BCUT2D eigenvalue weighted by atomic mass is 16.5. The van der Waals surface area contributed by atoms with Gasteiger partial charge in [-0.3, -0.25) is 4.99 Å². The van der Waals surface area contributed by atoms with E-state index in [0.717, 1.165) is 36.9 Å². The van der Waals surface area contributed by atoms with Crippen molar-refractivity contribution in [1.29, 1.82) is 0 Å². The molecule has 1 aromatic rings. The van der Waals surface area contributed by atoms with Crippen molar-refractivity contribution >= 4 is 5.96 Å². The molecule has 0 bridgehead atoms. The predicted molar refractivity (Wildman–Crippen MR) is 98.6 cm³/mol. The lowest BCUT2D eigenvalue weighted by atomic mass is 9.55. The molecule has 3 rings (SSSR count). The minimum atomic E-state index is 0.285. The fourth-order valence-electron chi connectivity index (χ4n) is 4.40. The molecule has 0 amide bonds. The molecule has 2 unspecified atom stereocenters. The van der Waals surface area contributed by atoms with Crippen molar-refractivity contribution in [2.45, 2.75) is 77.5 Å². The van der Waals surface area contributed by atoms with Crippen molar-refractivity contribution < 1.29 is 9.26 Å². The van der Waals surface area contributed by atoms with Crippen LogP contribution in [-0.2, 0) is 17.7 Å². The Morgan fingerprint density at radius 3 is 2.80 bits per heavy atom. The van der Waals surface area contributed by atoms with Gasteiger partial charge >= 0.3 is 0 Å². The van der Waals surface area contributed by atoms with Crippen molar-refractivity contribution in [3.8, 4) is 0 Å². The summed E-state index contributed by atoms with van der Waals surface area (Å²) in [7, 11) is 1.82. The highest BCUT2D eigenvalue weighted by Gasteiger charge is 2.55. The van der Waals surface area contributed by atoms with Crippen LogP contribution in [0.15, 0.2) is 15.6 Å². The van der Waals surface area contributed by atoms with Gasteiger partial charge in [0.15, 0.2) is 11.7 Å². The van der Waals surface area contributed by atoms with Gasteiger partial charge in [0.2, 0.25) is 0 Å². The lowest BCUT2D eigenvalue weighted by Gasteiger charge is -2.57. The number of nitrogens with zero attached hydrogens (tertiary/aromatic N) is 2. The molecule has 2 fully saturated rings. The molecule has 0 aliphatic heterocycles. The van der Waals surface area contributed by atoms with Gasteiger partial charge in [0.25, 0.3) is 0 Å². The van der Waals surface area contributed by atoms with Crippen LogP contribution in [0.5, 0.6) is 0 Å². The Balaban J connectivity index is 1.57. The number of guanidine groups is 1. The van der Waals surface area contributed by atoms with E-state index < -0.39 is 0 Å². The summed E-state index contributed by atoms with van der Waals surface area (Å²) in [5.41, 5.74) is 1.27. The van der Waals surface area contributed by atoms with E-state index >= 15 is 0 Å². The zero-order valence-electron chi connectivity index (χ0n) is 15.8. The van der Waals surface area contributed by atoms with Gasteiger partial charge < -0.3 is 19.9 Å². The Morgan fingerprint density at radius 1 is 1.36 bits per heavy atom. The van der Waals surface area contributed by atoms with Crippen LogP contribution in [0.3, 0.4) is 0 Å². The molecule has 2 aliphatic rings. The predicted octanol–water partition coefficient (Wildman–Crippen LogP) is 3.03. The molecule has 1 spiro atoms. The second-order valence-electron chi connectivity index (χ2n) is 7.23. The lowest BCUT2D eigenvalue weighted by molar-refractivity contribution is -0.145. The Hall–Kier alpha value is -1.56. The molecule has 2 atom stereocenters. The average molecular weight is 348 g/mol. The average Bonchev–Trinajstić information content (AvgIpc) is 3.12. The fraction of sp³-hybridized carbons (Fsp3) is 0.789. The minimum Gasteiger partial charge on any atom is -0.378 e. The van der Waals surface area contributed by atoms with Crippen molar-refractivity contribution in [1.82, 2.24) is 15.8 Å². The number of hydrogen-bond donors (Lipinski definition) is 2. The Labute approximate surface area is 150 Å². The molecule has 2 aliphatic carbocycles. The highest BCUT2D eigenvalue weighted by molar-refractivity contribution is 5.80. The second-order valence-corrected chi connectivity index (χ2v) is 7.23. The SMILES string of the molecule is CCOC1CC(NC(=NC)NCc2cc(CC)no2)C12CCCCC2. The molecular formula is C19H32N4O2. The highest BCUT2D eigenvalue weighted by Crippen LogP contribution is 2.53. The molecule has 140 valence electrons. The molecular weight excluding hydrogens is 316 g/mol. The number of ether oxygens (including phenoxy) is 1. The zero-order valence-corrected chi connectivity index (χ0v) is 15.8. The Bertz CT molecular complexity index is 578. The standard InChI is InChI=1S/C19H32N4O2/c1-4-14-11-15(25-23-14)13-21-18(20-3)22-16-12-17(24-5-2)19(16)9-7-6-8-10-19/h11,16-17H,4-10,12-13H2,1-3H3,(H2,20,21,22). The van der Waals surface area contributed by atoms with Crippen molar-refractivity contribution in [3.05, 3.63) is 17.5 Å². The Kier molecular flexibility index (Phi) is 5.99. The lowest BCUT2D eigenvalue weighted by Crippen LogP contribution is -2.66. The van der Waals surface area contributed by atoms with E-state index in [1.165, 1.54) is 32.1 Å². The van der Waals surface area contributed by atoms with Crippen molar-refractivity contribution in [2.75, 3.05) is 13.7 Å². The summed E-state index contributed by atoms with van der Waals surface area (Å²) in [6, 6.07) is 2.44. The number of aromatic nitrogens is 1. The van der Waals surface area contributed by atoms with Gasteiger partial charge in [-0.25, -0.2) is 0 Å². The summed E-state index contributed by atoms with van der Waals surface area (Å²) >= 11 is 0. The van der Waals surface area contributed by atoms with E-state index in [1.807, 2.05) is 13.1 Å². The minimum absolute atomic E-state index is 0.285. The molecule has 6 heteroatoms. The maximum absolute atomic E-state index is 6.04. The van der Waals surface area contributed by atoms with Gasteiger partial charge in [-0.05, 0) is 32.6 Å². The van der Waals surface area contributed by atoms with Crippen molar-refractivity contribution in [2.24, 2.45) is 10.4 Å². The van der Waals surface area contributed by atoms with E-state index in [4.69, 9.17) is 9.26 Å². The number of aryl methyl sites for hydroxylation is 1. The quantitative estimate of drug-likeness (QED) is 0.611. The summed E-state index contributed by atoms with van der Waals surface area (Å²) in [5, 5.41) is 11.0. The van der Waals surface area contributed by atoms with Crippen molar-refractivity contribution in [3.63, 3.8) is 0 Å². The molecule has 1 aromatic heterocycles. The molecule has 2 saturated carbocycles. The van der Waals surface area contributed by atoms with E-state index in [1.54, 1.807) is 0 Å². The summed E-state index contributed by atoms with van der Waals surface area (Å²) in [6.45, 7) is 5.57. The number of aliphatic imine (C=N–C) groups is 1. The number of nitrogens with one attached hydrogen (secondary N) is 2. The van der Waals surface area contributed by atoms with E-state index in [9.17, 15) is 0 Å². The van der Waals surface area contributed by atoms with Gasteiger partial charge in [0, 0.05) is 31.2 Å². The van der Waals surface area contributed by atoms with Gasteiger partial charge in [-0.1, -0.05) is 31.3 Å². The third-order valence-corrected chi connectivity index (χ3v) is 5.87. The first-order valence-electron chi connectivity index (χ1n) is 9.75. The third-order valence-electron chi connectivity index (χ3n) is 5.87. The summed E-state index contributed by atoms with van der Waals surface area (Å²) in [6.07, 6.45) is 8.84. The van der Waals surface area contributed by atoms with E-state index in [0.29, 0.717) is 18.7 Å². The third kappa shape index (κ3) is 3.84. The van der Waals surface area contributed by atoms with E-state index in [-0.39, 0.29) is 5.41 Å². The monoisotopic (exact) mass is 348 g/mol. The molecule has 0 aromatic carbocycles. The molecule has 0 radical (unpaired) electrons. The van der Waals surface area contributed by atoms with Gasteiger partial charge in [0.05, 0.1) is 18.3 Å². The van der Waals surface area contributed by atoms with Crippen LogP contribution in [0, 0.1) is 5.41 Å². The fourth-order valence-corrected chi connectivity index (χ4v) is 4.40. The van der Waals surface area contributed by atoms with Crippen LogP contribution in [-0.4, -0.2) is 36.9 Å². The van der Waals surface area contributed by atoms with Crippen LogP contribution in [0.4, 0.5) is 0 Å². The largest absolute Gasteiger partial charge is 0.378 e. The first kappa shape index (κ1) is 18.2. The summed E-state index contributed by atoms with van der Waals surface area (Å²) < 4.78 is 11.4. The molecule has 1 heterocycles. The van der Waals surface area contributed by atoms with Crippen LogP contribution >= 0.6 is 0 Å². The summed E-state index contributed by atoms with van der Waals surface area (Å²) in [5.74, 6) is 1.67. The molecule has 25 heavy (non-hydrogen) atoms. The smallest absolute Gasteiger partial charge is 0.191 e. The van der Waals surface area contributed by atoms with Crippen LogP contribution in [0.2, 0.25) is 0 Å². The zero-order chi connectivity index (χ0) is 17.7. The van der Waals surface area contributed by atoms with Crippen LogP contribution in [0.25, 0.3) is 0 Å². The maximum Gasteiger partial charge on any atom is 0.191 e. The van der Waals surface area contributed by atoms with Gasteiger partial charge in [0.1, 0.15) is 0 Å². The molecule has 0 saturated heterocycles. The molecule has 2 N–H and O–H groups in total. The first-order valence-corrected chi connectivity index (χ1v) is 9.75. The van der Waals surface area contributed by atoms with E-state index in [2.05, 4.69) is 34.6 Å². The first-order chi connectivity index (χ1) is 12.2. The number of hydrogen-bond acceptors (Lipinski definition) is 4. The Morgan fingerprint density at radius 2 is 2.16 bits per heavy atom. The summed E-state index contributed by atoms with van der Waals surface area (Å²) in [4.78, 5) is 4.39. The van der Waals surface area contributed by atoms with Gasteiger partial charge in [-0.2, -0.15) is 0 Å². The normalized spacial score (nSPS) is 25.6.